The molecule has 0 saturated heterocycles. The molecule has 0 unspecified atom stereocenters. The normalized spacial score (nSPS) is 11.2. The van der Waals surface area contributed by atoms with Gasteiger partial charge in [-0.3, -0.25) is 0 Å². The van der Waals surface area contributed by atoms with E-state index in [1.54, 1.807) is 5.38 Å². The zero-order valence-electron chi connectivity index (χ0n) is 12.2. The van der Waals surface area contributed by atoms with E-state index in [0.717, 1.165) is 11.3 Å². The van der Waals surface area contributed by atoms with Gasteiger partial charge in [0.2, 0.25) is 14.2 Å². The van der Waals surface area contributed by atoms with Gasteiger partial charge in [0.1, 0.15) is 5.76 Å². The summed E-state index contributed by atoms with van der Waals surface area (Å²) in [5, 5.41) is 6.79. The third-order valence-electron chi connectivity index (χ3n) is 2.97. The standard InChI is InChI=1S/C14H12N4O4S2/c19-13(17-8-11-7-15-9-22-11)18-10-1-3-12(4-2-10)24(20,21)14-16-5-6-23-14/h1-7,9H,8H2,(H2,17,18,19). The first-order valence-electron chi connectivity index (χ1n) is 6.72. The smallest absolute Gasteiger partial charge is 0.319 e. The number of thiazole rings is 1. The molecule has 0 bridgehead atoms. The van der Waals surface area contributed by atoms with Gasteiger partial charge in [-0.2, -0.15) is 0 Å². The lowest BCUT2D eigenvalue weighted by atomic mass is 10.3. The van der Waals surface area contributed by atoms with Crippen LogP contribution in [0, 0.1) is 0 Å². The van der Waals surface area contributed by atoms with Crippen molar-refractivity contribution >= 4 is 32.9 Å². The molecule has 0 saturated carbocycles. The molecule has 10 heteroatoms. The molecule has 0 aliphatic heterocycles. The first-order chi connectivity index (χ1) is 11.6. The maximum absolute atomic E-state index is 12.3. The number of hydrogen-bond acceptors (Lipinski definition) is 7. The van der Waals surface area contributed by atoms with Crippen LogP contribution in [0.3, 0.4) is 0 Å². The number of anilines is 1. The molecule has 0 aliphatic rings. The van der Waals surface area contributed by atoms with Gasteiger partial charge in [-0.05, 0) is 24.3 Å². The number of benzene rings is 1. The molecule has 3 aromatic rings. The second kappa shape index (κ2) is 6.81. The Bertz CT molecular complexity index is 904. The van der Waals surface area contributed by atoms with Crippen molar-refractivity contribution in [3.05, 3.63) is 54.2 Å². The third kappa shape index (κ3) is 3.60. The molecule has 0 aliphatic carbocycles. The van der Waals surface area contributed by atoms with Crippen LogP contribution in [-0.4, -0.2) is 24.4 Å². The minimum Gasteiger partial charge on any atom is -0.447 e. The number of amides is 2. The van der Waals surface area contributed by atoms with E-state index >= 15 is 0 Å². The fourth-order valence-electron chi connectivity index (χ4n) is 1.83. The van der Waals surface area contributed by atoms with Crippen LogP contribution in [0.25, 0.3) is 0 Å². The fraction of sp³-hybridized carbons (Fsp3) is 0.0714. The van der Waals surface area contributed by atoms with Gasteiger partial charge < -0.3 is 15.1 Å². The molecule has 2 aromatic heterocycles. The van der Waals surface area contributed by atoms with Crippen LogP contribution < -0.4 is 10.6 Å². The van der Waals surface area contributed by atoms with Gasteiger partial charge in [0.15, 0.2) is 6.39 Å². The quantitative estimate of drug-likeness (QED) is 0.718. The Morgan fingerprint density at radius 2 is 2.04 bits per heavy atom. The number of hydrogen-bond donors (Lipinski definition) is 2. The van der Waals surface area contributed by atoms with E-state index in [9.17, 15) is 13.2 Å². The van der Waals surface area contributed by atoms with Crippen molar-refractivity contribution in [2.45, 2.75) is 15.8 Å². The topological polar surface area (TPSA) is 114 Å². The van der Waals surface area contributed by atoms with Gasteiger partial charge >= 0.3 is 6.03 Å². The molecular weight excluding hydrogens is 352 g/mol. The van der Waals surface area contributed by atoms with Crippen LogP contribution in [0.1, 0.15) is 5.76 Å². The van der Waals surface area contributed by atoms with Gasteiger partial charge in [-0.1, -0.05) is 0 Å². The zero-order valence-corrected chi connectivity index (χ0v) is 13.8. The summed E-state index contributed by atoms with van der Waals surface area (Å²) in [6.07, 6.45) is 4.21. The molecule has 3 rings (SSSR count). The first kappa shape index (κ1) is 16.1. The Morgan fingerprint density at radius 3 is 2.67 bits per heavy atom. The average Bonchev–Trinajstić information content (AvgIpc) is 3.27. The highest BCUT2D eigenvalue weighted by Gasteiger charge is 2.20. The molecular formula is C14H12N4O4S2. The lowest BCUT2D eigenvalue weighted by molar-refractivity contribution is 0.251. The Labute approximate surface area is 141 Å². The average molecular weight is 364 g/mol. The number of nitrogens with one attached hydrogen (secondary N) is 2. The van der Waals surface area contributed by atoms with Crippen molar-refractivity contribution in [3.8, 4) is 0 Å². The van der Waals surface area contributed by atoms with Crippen molar-refractivity contribution in [1.29, 1.82) is 0 Å². The van der Waals surface area contributed by atoms with E-state index in [1.807, 2.05) is 0 Å². The maximum Gasteiger partial charge on any atom is 0.319 e. The number of sulfone groups is 1. The molecule has 0 fully saturated rings. The predicted molar refractivity (Wildman–Crippen MR) is 86.4 cm³/mol. The van der Waals surface area contributed by atoms with E-state index in [2.05, 4.69) is 20.6 Å². The molecule has 24 heavy (non-hydrogen) atoms. The SMILES string of the molecule is O=C(NCc1cnco1)Nc1ccc(S(=O)(=O)c2nccs2)cc1. The van der Waals surface area contributed by atoms with Crippen LogP contribution in [-0.2, 0) is 16.4 Å². The first-order valence-corrected chi connectivity index (χ1v) is 9.09. The monoisotopic (exact) mass is 364 g/mol. The van der Waals surface area contributed by atoms with Crippen LogP contribution >= 0.6 is 11.3 Å². The van der Waals surface area contributed by atoms with Crippen LogP contribution in [0.2, 0.25) is 0 Å². The highest BCUT2D eigenvalue weighted by molar-refractivity contribution is 7.93. The van der Waals surface area contributed by atoms with E-state index in [1.165, 1.54) is 43.1 Å². The van der Waals surface area contributed by atoms with E-state index in [4.69, 9.17) is 4.42 Å². The van der Waals surface area contributed by atoms with Gasteiger partial charge in [0, 0.05) is 17.3 Å². The maximum atomic E-state index is 12.3. The minimum atomic E-state index is -3.62. The molecule has 0 radical (unpaired) electrons. The summed E-state index contributed by atoms with van der Waals surface area (Å²) < 4.78 is 29.6. The zero-order chi connectivity index (χ0) is 17.0. The number of carbonyl (C=O) groups is 1. The van der Waals surface area contributed by atoms with Crippen LogP contribution in [0.15, 0.2) is 62.1 Å². The van der Waals surface area contributed by atoms with E-state index in [-0.39, 0.29) is 15.8 Å². The van der Waals surface area contributed by atoms with Gasteiger partial charge in [0.05, 0.1) is 17.6 Å². The van der Waals surface area contributed by atoms with Crippen molar-refractivity contribution in [2.75, 3.05) is 5.32 Å². The number of carbonyl (C=O) groups excluding carboxylic acids is 1. The van der Waals surface area contributed by atoms with Gasteiger partial charge in [-0.25, -0.2) is 23.2 Å². The Balaban J connectivity index is 1.63. The molecule has 124 valence electrons. The molecule has 2 amide bonds. The number of oxazole rings is 1. The summed E-state index contributed by atoms with van der Waals surface area (Å²) >= 11 is 1.05. The summed E-state index contributed by atoms with van der Waals surface area (Å²) in [6, 6.07) is 5.41. The minimum absolute atomic E-state index is 0.0352. The molecule has 2 N–H and O–H groups in total. The lowest BCUT2D eigenvalue weighted by Gasteiger charge is -2.07. The highest BCUT2D eigenvalue weighted by Crippen LogP contribution is 2.23. The summed E-state index contributed by atoms with van der Waals surface area (Å²) in [4.78, 5) is 19.4. The second-order valence-electron chi connectivity index (χ2n) is 4.60. The Morgan fingerprint density at radius 1 is 1.25 bits per heavy atom. The Hall–Kier alpha value is -2.72. The van der Waals surface area contributed by atoms with Gasteiger partial charge in [0.25, 0.3) is 0 Å². The summed E-state index contributed by atoms with van der Waals surface area (Å²) in [7, 11) is -3.62. The predicted octanol–water partition coefficient (Wildman–Crippen LogP) is 2.29. The molecule has 0 atom stereocenters. The number of nitrogens with zero attached hydrogens (tertiary/aromatic N) is 2. The van der Waals surface area contributed by atoms with Crippen molar-refractivity contribution in [2.24, 2.45) is 0 Å². The summed E-state index contributed by atoms with van der Waals surface area (Å²) in [5.74, 6) is 0.523. The highest BCUT2D eigenvalue weighted by atomic mass is 32.2. The number of rotatable bonds is 5. The van der Waals surface area contributed by atoms with E-state index < -0.39 is 15.9 Å². The molecule has 2 heterocycles. The van der Waals surface area contributed by atoms with Gasteiger partial charge in [-0.15, -0.1) is 11.3 Å². The lowest BCUT2D eigenvalue weighted by Crippen LogP contribution is -2.27. The molecule has 0 spiro atoms. The fourth-order valence-corrected chi connectivity index (χ4v) is 4.05. The number of aromatic nitrogens is 2. The van der Waals surface area contributed by atoms with Crippen molar-refractivity contribution in [3.63, 3.8) is 0 Å². The summed E-state index contributed by atoms with van der Waals surface area (Å²) in [6.45, 7) is 0.197. The van der Waals surface area contributed by atoms with Crippen molar-refractivity contribution in [1.82, 2.24) is 15.3 Å². The summed E-state index contributed by atoms with van der Waals surface area (Å²) in [5.41, 5.74) is 0.461. The van der Waals surface area contributed by atoms with E-state index in [0.29, 0.717) is 11.4 Å². The third-order valence-corrected chi connectivity index (χ3v) is 5.94. The Kier molecular flexibility index (Phi) is 4.58. The largest absolute Gasteiger partial charge is 0.447 e. The molecule has 8 nitrogen and oxygen atoms in total. The second-order valence-corrected chi connectivity index (χ2v) is 7.62. The van der Waals surface area contributed by atoms with Crippen LogP contribution in [0.4, 0.5) is 10.5 Å². The van der Waals surface area contributed by atoms with Crippen LogP contribution in [0.5, 0.6) is 0 Å². The molecule has 1 aromatic carbocycles. The van der Waals surface area contributed by atoms with Crippen molar-refractivity contribution < 1.29 is 17.6 Å². The number of urea groups is 1.